The zero-order chi connectivity index (χ0) is 21.3. The standard InChI is InChI=1S/C19H26N8O2S/c1-12-8-17(26-25-12)22-16-11-18(30(2,28)29)24-19(23-16)21-13-9-14-4-5-15(10-13)27(14)7-3-6-20/h8,11,13-15H,3-5,7,9-10H2,1-2H3,(H3,21,22,23,24,25,26)/t13-,14-,15+. The van der Waals surface area contributed by atoms with Crippen LogP contribution in [-0.4, -0.2) is 64.4 Å². The third-order valence-electron chi connectivity index (χ3n) is 5.74. The molecule has 0 unspecified atom stereocenters. The molecule has 0 aliphatic carbocycles. The summed E-state index contributed by atoms with van der Waals surface area (Å²) in [4.78, 5) is 11.2. The number of rotatable bonds is 7. The van der Waals surface area contributed by atoms with E-state index in [0.717, 1.165) is 44.2 Å². The molecule has 4 heterocycles. The van der Waals surface area contributed by atoms with Crippen LogP contribution in [0.3, 0.4) is 0 Å². The molecule has 4 rings (SSSR count). The summed E-state index contributed by atoms with van der Waals surface area (Å²) in [5.74, 6) is 1.22. The zero-order valence-corrected chi connectivity index (χ0v) is 17.9. The lowest BCUT2D eigenvalue weighted by molar-refractivity contribution is 0.135. The summed E-state index contributed by atoms with van der Waals surface area (Å²) in [7, 11) is -3.50. The molecule has 11 heteroatoms. The molecule has 2 aromatic rings. The van der Waals surface area contributed by atoms with Crippen LogP contribution in [-0.2, 0) is 9.84 Å². The first-order chi connectivity index (χ1) is 14.3. The number of fused-ring (bicyclic) bond motifs is 2. The fraction of sp³-hybridized carbons (Fsp3) is 0.579. The maximum atomic E-state index is 12.1. The van der Waals surface area contributed by atoms with E-state index in [2.05, 4.69) is 41.8 Å². The Morgan fingerprint density at radius 1 is 1.23 bits per heavy atom. The minimum absolute atomic E-state index is 0.0378. The number of aromatic nitrogens is 4. The molecule has 10 nitrogen and oxygen atoms in total. The van der Waals surface area contributed by atoms with Gasteiger partial charge in [0.05, 0.1) is 6.07 Å². The van der Waals surface area contributed by atoms with Crippen molar-refractivity contribution in [2.45, 2.75) is 62.2 Å². The highest BCUT2D eigenvalue weighted by molar-refractivity contribution is 7.90. The Morgan fingerprint density at radius 3 is 2.57 bits per heavy atom. The van der Waals surface area contributed by atoms with Gasteiger partial charge in [-0.15, -0.1) is 0 Å². The summed E-state index contributed by atoms with van der Waals surface area (Å²) in [5.41, 5.74) is 0.881. The molecular weight excluding hydrogens is 404 g/mol. The van der Waals surface area contributed by atoms with Crippen molar-refractivity contribution in [2.75, 3.05) is 23.4 Å². The molecule has 3 atom stereocenters. The van der Waals surface area contributed by atoms with Crippen molar-refractivity contribution in [2.24, 2.45) is 0 Å². The molecule has 2 aromatic heterocycles. The Kier molecular flexibility index (Phi) is 5.62. The molecule has 2 bridgehead atoms. The van der Waals surface area contributed by atoms with Crippen molar-refractivity contribution in [3.05, 3.63) is 17.8 Å². The number of hydrogen-bond acceptors (Lipinski definition) is 9. The highest BCUT2D eigenvalue weighted by atomic mass is 32.2. The molecule has 0 amide bonds. The van der Waals surface area contributed by atoms with E-state index in [4.69, 9.17) is 5.26 Å². The van der Waals surface area contributed by atoms with Crippen LogP contribution in [0.5, 0.6) is 0 Å². The lowest BCUT2D eigenvalue weighted by Crippen LogP contribution is -2.47. The van der Waals surface area contributed by atoms with Gasteiger partial charge in [-0.25, -0.2) is 13.4 Å². The van der Waals surface area contributed by atoms with Crippen LogP contribution >= 0.6 is 0 Å². The summed E-state index contributed by atoms with van der Waals surface area (Å²) in [5, 5.41) is 22.2. The van der Waals surface area contributed by atoms with Crippen molar-refractivity contribution in [3.63, 3.8) is 0 Å². The molecule has 0 spiro atoms. The first-order valence-corrected chi connectivity index (χ1v) is 12.0. The second kappa shape index (κ2) is 8.20. The van der Waals surface area contributed by atoms with Gasteiger partial charge in [-0.05, 0) is 32.6 Å². The normalized spacial score (nSPS) is 23.8. The minimum Gasteiger partial charge on any atom is -0.351 e. The van der Waals surface area contributed by atoms with E-state index in [9.17, 15) is 8.42 Å². The molecule has 160 valence electrons. The lowest BCUT2D eigenvalue weighted by Gasteiger charge is -2.38. The van der Waals surface area contributed by atoms with Crippen LogP contribution in [0.2, 0.25) is 0 Å². The Morgan fingerprint density at radius 2 is 1.97 bits per heavy atom. The first-order valence-electron chi connectivity index (χ1n) is 10.1. The van der Waals surface area contributed by atoms with Gasteiger partial charge in [0.1, 0.15) is 5.82 Å². The molecule has 2 aliphatic rings. The Hall–Kier alpha value is -2.71. The van der Waals surface area contributed by atoms with Gasteiger partial charge in [0, 0.05) is 55.2 Å². The fourth-order valence-electron chi connectivity index (χ4n) is 4.48. The monoisotopic (exact) mass is 430 g/mol. The smallest absolute Gasteiger partial charge is 0.226 e. The second-order valence-corrected chi connectivity index (χ2v) is 10.1. The summed E-state index contributed by atoms with van der Waals surface area (Å²) >= 11 is 0. The Balaban J connectivity index is 1.52. The van der Waals surface area contributed by atoms with Gasteiger partial charge in [-0.2, -0.15) is 15.3 Å². The number of piperidine rings is 1. The molecule has 2 saturated heterocycles. The van der Waals surface area contributed by atoms with E-state index < -0.39 is 9.84 Å². The van der Waals surface area contributed by atoms with Crippen LogP contribution < -0.4 is 10.6 Å². The molecule has 3 N–H and O–H groups in total. The number of nitrogens with zero attached hydrogens (tertiary/aromatic N) is 5. The molecular formula is C19H26N8O2S. The minimum atomic E-state index is -3.50. The van der Waals surface area contributed by atoms with E-state index >= 15 is 0 Å². The third kappa shape index (κ3) is 4.55. The molecule has 0 aromatic carbocycles. The van der Waals surface area contributed by atoms with Gasteiger partial charge in [-0.1, -0.05) is 0 Å². The van der Waals surface area contributed by atoms with Crippen molar-refractivity contribution >= 4 is 27.4 Å². The second-order valence-electron chi connectivity index (χ2n) is 8.09. The van der Waals surface area contributed by atoms with Gasteiger partial charge >= 0.3 is 0 Å². The highest BCUT2D eigenvalue weighted by Gasteiger charge is 2.40. The molecule has 0 radical (unpaired) electrons. The van der Waals surface area contributed by atoms with E-state index in [1.54, 1.807) is 0 Å². The topological polar surface area (TPSA) is 140 Å². The first kappa shape index (κ1) is 20.6. The summed E-state index contributed by atoms with van der Waals surface area (Å²) in [6.45, 7) is 2.69. The molecule has 2 aliphatic heterocycles. The van der Waals surface area contributed by atoms with Crippen molar-refractivity contribution < 1.29 is 8.42 Å². The van der Waals surface area contributed by atoms with Crippen molar-refractivity contribution in [1.82, 2.24) is 25.1 Å². The van der Waals surface area contributed by atoms with Crippen LogP contribution in [0.15, 0.2) is 17.2 Å². The summed E-state index contributed by atoms with van der Waals surface area (Å²) in [6, 6.07) is 6.51. The highest BCUT2D eigenvalue weighted by Crippen LogP contribution is 2.36. The SMILES string of the molecule is Cc1cc(Nc2cc(S(C)(=O)=O)nc(N[C@@H]3C[C@H]4CC[C@@H](C3)N4CCC#N)n2)n[nH]1. The number of H-pyrrole nitrogens is 1. The maximum Gasteiger partial charge on any atom is 0.226 e. The van der Waals surface area contributed by atoms with Crippen molar-refractivity contribution in [1.29, 1.82) is 5.26 Å². The third-order valence-corrected chi connectivity index (χ3v) is 6.71. The molecule has 30 heavy (non-hydrogen) atoms. The quantitative estimate of drug-likeness (QED) is 0.562. The summed E-state index contributed by atoms with van der Waals surface area (Å²) in [6.07, 6.45) is 5.79. The molecule has 2 fully saturated rings. The van der Waals surface area contributed by atoms with Gasteiger partial charge in [0.2, 0.25) is 5.95 Å². The van der Waals surface area contributed by atoms with Gasteiger partial charge < -0.3 is 10.6 Å². The van der Waals surface area contributed by atoms with E-state index in [1.807, 2.05) is 13.0 Å². The predicted octanol–water partition coefficient (Wildman–Crippen LogP) is 1.98. The average molecular weight is 431 g/mol. The molecule has 0 saturated carbocycles. The van der Waals surface area contributed by atoms with Gasteiger partial charge in [0.15, 0.2) is 20.7 Å². The Bertz CT molecular complexity index is 1050. The Labute approximate surface area is 176 Å². The van der Waals surface area contributed by atoms with Gasteiger partial charge in [0.25, 0.3) is 0 Å². The maximum absolute atomic E-state index is 12.1. The number of aryl methyl sites for hydroxylation is 1. The number of nitriles is 1. The number of nitrogens with one attached hydrogen (secondary N) is 3. The average Bonchev–Trinajstić information content (AvgIpc) is 3.18. The van der Waals surface area contributed by atoms with Crippen LogP contribution in [0.1, 0.15) is 37.8 Å². The van der Waals surface area contributed by atoms with E-state index in [0.29, 0.717) is 36.1 Å². The van der Waals surface area contributed by atoms with E-state index in [1.165, 1.54) is 6.07 Å². The van der Waals surface area contributed by atoms with Crippen molar-refractivity contribution in [3.8, 4) is 6.07 Å². The summed E-state index contributed by atoms with van der Waals surface area (Å²) < 4.78 is 24.3. The van der Waals surface area contributed by atoms with Crippen LogP contribution in [0, 0.1) is 18.3 Å². The largest absolute Gasteiger partial charge is 0.351 e. The number of aromatic amines is 1. The number of anilines is 3. The number of sulfone groups is 1. The zero-order valence-electron chi connectivity index (χ0n) is 17.1. The predicted molar refractivity (Wildman–Crippen MR) is 112 cm³/mol. The van der Waals surface area contributed by atoms with E-state index in [-0.39, 0.29) is 11.1 Å². The lowest BCUT2D eigenvalue weighted by atomic mass is 9.97. The van der Waals surface area contributed by atoms with Crippen LogP contribution in [0.4, 0.5) is 17.6 Å². The van der Waals surface area contributed by atoms with Gasteiger partial charge in [-0.3, -0.25) is 10.00 Å². The fourth-order valence-corrected chi connectivity index (χ4v) is 5.05. The van der Waals surface area contributed by atoms with Crippen LogP contribution in [0.25, 0.3) is 0 Å². The number of hydrogen-bond donors (Lipinski definition) is 3.